The van der Waals surface area contributed by atoms with E-state index in [2.05, 4.69) is 15.3 Å². The smallest absolute Gasteiger partial charge is 0.291 e. The standard InChI is InChI=1S/C12H9ClN4O2/c13-11-7-2-1-3-8(10(7)14-6-15-11)17-5-4-9(18)16-12(17)19/h1-3,6H,4-5H2,(H,16,18,19). The molecule has 3 amide bonds. The Kier molecular flexibility index (Phi) is 2.79. The average Bonchev–Trinajstić information content (AvgIpc) is 2.39. The number of nitrogens with one attached hydrogen (secondary N) is 1. The van der Waals surface area contributed by atoms with E-state index in [0.717, 1.165) is 0 Å². The van der Waals surface area contributed by atoms with Crippen molar-refractivity contribution >= 4 is 40.1 Å². The maximum absolute atomic E-state index is 11.9. The Bertz CT molecular complexity index is 688. The first-order valence-corrected chi connectivity index (χ1v) is 6.05. The molecule has 3 rings (SSSR count). The van der Waals surface area contributed by atoms with Crippen LogP contribution >= 0.6 is 11.6 Å². The molecule has 1 aliphatic rings. The second kappa shape index (κ2) is 4.47. The maximum Gasteiger partial charge on any atom is 0.328 e. The van der Waals surface area contributed by atoms with Crippen molar-refractivity contribution in [2.24, 2.45) is 0 Å². The Labute approximate surface area is 113 Å². The van der Waals surface area contributed by atoms with E-state index in [1.165, 1.54) is 11.2 Å². The van der Waals surface area contributed by atoms with Crippen LogP contribution in [0, 0.1) is 0 Å². The van der Waals surface area contributed by atoms with Crippen LogP contribution in [0.5, 0.6) is 0 Å². The molecule has 0 radical (unpaired) electrons. The van der Waals surface area contributed by atoms with Gasteiger partial charge in [-0.3, -0.25) is 15.0 Å². The zero-order valence-electron chi connectivity index (χ0n) is 9.76. The van der Waals surface area contributed by atoms with Crippen molar-refractivity contribution in [3.8, 4) is 0 Å². The summed E-state index contributed by atoms with van der Waals surface area (Å²) in [7, 11) is 0. The van der Waals surface area contributed by atoms with E-state index in [0.29, 0.717) is 28.3 Å². The van der Waals surface area contributed by atoms with Gasteiger partial charge in [0.2, 0.25) is 5.91 Å². The molecule has 96 valence electrons. The summed E-state index contributed by atoms with van der Waals surface area (Å²) in [5, 5.41) is 3.29. The molecule has 7 heteroatoms. The van der Waals surface area contributed by atoms with Gasteiger partial charge in [-0.25, -0.2) is 14.8 Å². The number of amides is 3. The highest BCUT2D eigenvalue weighted by Gasteiger charge is 2.25. The Balaban J connectivity index is 2.13. The Morgan fingerprint density at radius 1 is 1.26 bits per heavy atom. The minimum Gasteiger partial charge on any atom is -0.291 e. The fourth-order valence-corrected chi connectivity index (χ4v) is 2.25. The molecule has 1 fully saturated rings. The summed E-state index contributed by atoms with van der Waals surface area (Å²) in [6.07, 6.45) is 1.61. The third kappa shape index (κ3) is 2.00. The van der Waals surface area contributed by atoms with Crippen LogP contribution in [-0.4, -0.2) is 28.5 Å². The number of hydrogen-bond donors (Lipinski definition) is 1. The van der Waals surface area contributed by atoms with Gasteiger partial charge in [0.1, 0.15) is 11.5 Å². The monoisotopic (exact) mass is 276 g/mol. The minimum atomic E-state index is -0.446. The number of imide groups is 1. The van der Waals surface area contributed by atoms with Gasteiger partial charge in [-0.15, -0.1) is 0 Å². The summed E-state index contributed by atoms with van der Waals surface area (Å²) >= 11 is 6.00. The van der Waals surface area contributed by atoms with Gasteiger partial charge in [-0.1, -0.05) is 17.7 Å². The molecule has 0 aliphatic carbocycles. The number of urea groups is 1. The summed E-state index contributed by atoms with van der Waals surface area (Å²) in [5.74, 6) is -0.269. The Hall–Kier alpha value is -2.21. The first kappa shape index (κ1) is 11.9. The van der Waals surface area contributed by atoms with Gasteiger partial charge in [0.05, 0.1) is 11.2 Å². The van der Waals surface area contributed by atoms with Crippen molar-refractivity contribution in [3.05, 3.63) is 29.7 Å². The molecule has 1 saturated heterocycles. The number of benzene rings is 1. The average molecular weight is 277 g/mol. The Morgan fingerprint density at radius 3 is 2.89 bits per heavy atom. The molecule has 0 unspecified atom stereocenters. The third-order valence-corrected chi connectivity index (χ3v) is 3.24. The normalized spacial score (nSPS) is 15.7. The highest BCUT2D eigenvalue weighted by Crippen LogP contribution is 2.29. The van der Waals surface area contributed by atoms with Crippen LogP contribution in [0.25, 0.3) is 10.9 Å². The molecule has 2 aromatic rings. The SMILES string of the molecule is O=C1CCN(c2cccc3c(Cl)ncnc23)C(=O)N1. The van der Waals surface area contributed by atoms with E-state index in [-0.39, 0.29) is 12.3 Å². The molecule has 6 nitrogen and oxygen atoms in total. The first-order chi connectivity index (χ1) is 9.16. The first-order valence-electron chi connectivity index (χ1n) is 5.67. The molecule has 0 bridgehead atoms. The van der Waals surface area contributed by atoms with E-state index in [9.17, 15) is 9.59 Å². The number of carbonyl (C=O) groups excluding carboxylic acids is 2. The zero-order chi connectivity index (χ0) is 13.4. The quantitative estimate of drug-likeness (QED) is 0.805. The fraction of sp³-hybridized carbons (Fsp3) is 0.167. The predicted octanol–water partition coefficient (Wildman–Crippen LogP) is 1.73. The molecule has 0 atom stereocenters. The summed E-state index contributed by atoms with van der Waals surface area (Å²) in [6, 6.07) is 4.88. The second-order valence-corrected chi connectivity index (χ2v) is 4.45. The van der Waals surface area contributed by atoms with Crippen molar-refractivity contribution in [1.82, 2.24) is 15.3 Å². The van der Waals surface area contributed by atoms with Crippen molar-refractivity contribution in [1.29, 1.82) is 0 Å². The fourth-order valence-electron chi connectivity index (χ4n) is 2.05. The number of fused-ring (bicyclic) bond motifs is 1. The molecule has 19 heavy (non-hydrogen) atoms. The molecule has 1 N–H and O–H groups in total. The van der Waals surface area contributed by atoms with Gasteiger partial charge in [0.25, 0.3) is 0 Å². The van der Waals surface area contributed by atoms with E-state index < -0.39 is 6.03 Å². The summed E-state index contributed by atoms with van der Waals surface area (Å²) in [5.41, 5.74) is 1.21. The van der Waals surface area contributed by atoms with Gasteiger partial charge in [-0.05, 0) is 12.1 Å². The van der Waals surface area contributed by atoms with Crippen LogP contribution in [0.1, 0.15) is 6.42 Å². The van der Waals surface area contributed by atoms with Crippen molar-refractivity contribution in [2.45, 2.75) is 6.42 Å². The number of anilines is 1. The molecular formula is C12H9ClN4O2. The number of aromatic nitrogens is 2. The molecule has 1 aromatic carbocycles. The van der Waals surface area contributed by atoms with Crippen LogP contribution in [0.4, 0.5) is 10.5 Å². The van der Waals surface area contributed by atoms with Gasteiger partial charge >= 0.3 is 6.03 Å². The summed E-state index contributed by atoms with van der Waals surface area (Å²) in [6.45, 7) is 0.325. The van der Waals surface area contributed by atoms with Crippen LogP contribution in [-0.2, 0) is 4.79 Å². The molecular weight excluding hydrogens is 268 g/mol. The number of rotatable bonds is 1. The molecule has 0 saturated carbocycles. The number of nitrogens with zero attached hydrogens (tertiary/aromatic N) is 3. The Morgan fingerprint density at radius 2 is 2.11 bits per heavy atom. The van der Waals surface area contributed by atoms with Crippen LogP contribution in [0.15, 0.2) is 24.5 Å². The number of halogens is 1. The topological polar surface area (TPSA) is 75.2 Å². The predicted molar refractivity (Wildman–Crippen MR) is 70.0 cm³/mol. The van der Waals surface area contributed by atoms with E-state index in [1.54, 1.807) is 18.2 Å². The van der Waals surface area contributed by atoms with E-state index >= 15 is 0 Å². The second-order valence-electron chi connectivity index (χ2n) is 4.09. The lowest BCUT2D eigenvalue weighted by Gasteiger charge is -2.27. The van der Waals surface area contributed by atoms with E-state index in [1.807, 2.05) is 0 Å². The van der Waals surface area contributed by atoms with Gasteiger partial charge in [0.15, 0.2) is 0 Å². The number of para-hydroxylation sites is 1. The van der Waals surface area contributed by atoms with Crippen LogP contribution in [0.2, 0.25) is 5.15 Å². The highest BCUT2D eigenvalue weighted by molar-refractivity contribution is 6.34. The number of carbonyl (C=O) groups is 2. The zero-order valence-corrected chi connectivity index (χ0v) is 10.5. The minimum absolute atomic E-state index is 0.265. The highest BCUT2D eigenvalue weighted by atomic mass is 35.5. The summed E-state index contributed by atoms with van der Waals surface area (Å²) in [4.78, 5) is 32.6. The van der Waals surface area contributed by atoms with Crippen molar-refractivity contribution in [3.63, 3.8) is 0 Å². The van der Waals surface area contributed by atoms with Gasteiger partial charge in [-0.2, -0.15) is 0 Å². The lowest BCUT2D eigenvalue weighted by atomic mass is 10.2. The van der Waals surface area contributed by atoms with Crippen molar-refractivity contribution < 1.29 is 9.59 Å². The molecule has 1 aliphatic heterocycles. The maximum atomic E-state index is 11.9. The lowest BCUT2D eigenvalue weighted by Crippen LogP contribution is -2.49. The van der Waals surface area contributed by atoms with Crippen molar-refractivity contribution in [2.75, 3.05) is 11.4 Å². The van der Waals surface area contributed by atoms with E-state index in [4.69, 9.17) is 11.6 Å². The molecule has 1 aromatic heterocycles. The summed E-state index contributed by atoms with van der Waals surface area (Å²) < 4.78 is 0. The molecule has 2 heterocycles. The van der Waals surface area contributed by atoms with Crippen LogP contribution in [0.3, 0.4) is 0 Å². The number of hydrogen-bond acceptors (Lipinski definition) is 4. The van der Waals surface area contributed by atoms with Gasteiger partial charge in [0, 0.05) is 18.4 Å². The lowest BCUT2D eigenvalue weighted by molar-refractivity contribution is -0.120. The third-order valence-electron chi connectivity index (χ3n) is 2.94. The largest absolute Gasteiger partial charge is 0.328 e. The van der Waals surface area contributed by atoms with Crippen LogP contribution < -0.4 is 10.2 Å². The van der Waals surface area contributed by atoms with Gasteiger partial charge < -0.3 is 0 Å². The molecule has 0 spiro atoms.